The van der Waals surface area contributed by atoms with Crippen molar-refractivity contribution >= 4 is 44.3 Å². The van der Waals surface area contributed by atoms with Gasteiger partial charge in [-0.15, -0.1) is 11.3 Å². The Balaban J connectivity index is 1.87. The maximum atomic E-state index is 12.4. The monoisotopic (exact) mass is 338 g/mol. The van der Waals surface area contributed by atoms with Crippen molar-refractivity contribution in [1.82, 2.24) is 0 Å². The molecule has 1 aliphatic carbocycles. The lowest BCUT2D eigenvalue weighted by molar-refractivity contribution is 0.603. The predicted octanol–water partition coefficient (Wildman–Crippen LogP) is 2.67. The molecule has 110 valence electrons. The molecular formula is C14H14N2O2S3. The van der Waals surface area contributed by atoms with Crippen molar-refractivity contribution in [2.24, 2.45) is 5.73 Å². The Morgan fingerprint density at radius 1 is 1.19 bits per heavy atom. The zero-order chi connectivity index (χ0) is 15.0. The summed E-state index contributed by atoms with van der Waals surface area (Å²) in [6.07, 6.45) is 3.22. The molecule has 0 spiro atoms. The van der Waals surface area contributed by atoms with Gasteiger partial charge in [0, 0.05) is 5.69 Å². The largest absolute Gasteiger partial charge is 0.389 e. The Morgan fingerprint density at radius 3 is 2.67 bits per heavy atom. The van der Waals surface area contributed by atoms with Crippen LogP contribution in [0.25, 0.3) is 0 Å². The molecule has 0 unspecified atom stereocenters. The number of benzene rings is 1. The summed E-state index contributed by atoms with van der Waals surface area (Å²) in [5.74, 6) is 0. The van der Waals surface area contributed by atoms with E-state index in [0.717, 1.165) is 30.6 Å². The van der Waals surface area contributed by atoms with E-state index in [1.807, 2.05) is 18.2 Å². The van der Waals surface area contributed by atoms with Gasteiger partial charge in [0.25, 0.3) is 10.0 Å². The molecule has 1 aromatic heterocycles. The van der Waals surface area contributed by atoms with E-state index in [4.69, 9.17) is 18.0 Å². The van der Waals surface area contributed by atoms with Crippen LogP contribution in [0.3, 0.4) is 0 Å². The normalized spacial score (nSPS) is 13.9. The second kappa shape index (κ2) is 5.40. The molecule has 0 aliphatic heterocycles. The number of hydrogen-bond donors (Lipinski definition) is 2. The smallest absolute Gasteiger partial charge is 0.271 e. The second-order valence-corrected chi connectivity index (χ2v) is 8.36. The highest BCUT2D eigenvalue weighted by molar-refractivity contribution is 7.94. The first-order valence-electron chi connectivity index (χ1n) is 6.50. The third-order valence-corrected chi connectivity index (χ3v) is 6.78. The molecule has 1 aliphatic rings. The lowest BCUT2D eigenvalue weighted by Crippen LogP contribution is -2.11. The Bertz CT molecular complexity index is 809. The van der Waals surface area contributed by atoms with Gasteiger partial charge in [-0.05, 0) is 54.7 Å². The molecule has 0 bridgehead atoms. The van der Waals surface area contributed by atoms with Crippen LogP contribution in [-0.4, -0.2) is 13.4 Å². The van der Waals surface area contributed by atoms with Gasteiger partial charge in [-0.2, -0.15) is 0 Å². The van der Waals surface area contributed by atoms with Gasteiger partial charge >= 0.3 is 0 Å². The van der Waals surface area contributed by atoms with E-state index >= 15 is 0 Å². The molecule has 2 aromatic rings. The minimum atomic E-state index is -3.59. The summed E-state index contributed by atoms with van der Waals surface area (Å²) in [6.45, 7) is 0. The first-order chi connectivity index (χ1) is 9.95. The minimum absolute atomic E-state index is 0.207. The average molecular weight is 338 g/mol. The van der Waals surface area contributed by atoms with Crippen LogP contribution in [0.5, 0.6) is 0 Å². The lowest BCUT2D eigenvalue weighted by Gasteiger charge is -2.08. The number of fused-ring (bicyclic) bond motifs is 1. The fourth-order valence-corrected chi connectivity index (χ4v) is 4.84. The van der Waals surface area contributed by atoms with Gasteiger partial charge in [-0.3, -0.25) is 4.72 Å². The van der Waals surface area contributed by atoms with E-state index in [1.165, 1.54) is 17.2 Å². The summed E-state index contributed by atoms with van der Waals surface area (Å²) >= 11 is 5.93. The predicted molar refractivity (Wildman–Crippen MR) is 89.5 cm³/mol. The van der Waals surface area contributed by atoms with Crippen LogP contribution in [0.1, 0.15) is 22.4 Å². The Kier molecular flexibility index (Phi) is 3.73. The van der Waals surface area contributed by atoms with Crippen molar-refractivity contribution in [3.8, 4) is 0 Å². The number of nitrogens with two attached hydrogens (primary N) is 1. The van der Waals surface area contributed by atoms with E-state index in [-0.39, 0.29) is 9.20 Å². The SMILES string of the molecule is NC(=S)c1ccc(S(=O)(=O)Nc2ccc3c(c2)CCC3)s1. The summed E-state index contributed by atoms with van der Waals surface area (Å²) in [5, 5.41) is 0. The molecule has 0 saturated carbocycles. The molecule has 0 fully saturated rings. The fourth-order valence-electron chi connectivity index (χ4n) is 2.44. The zero-order valence-corrected chi connectivity index (χ0v) is 13.6. The van der Waals surface area contributed by atoms with Gasteiger partial charge in [0.2, 0.25) is 0 Å². The van der Waals surface area contributed by atoms with Crippen molar-refractivity contribution < 1.29 is 8.42 Å². The van der Waals surface area contributed by atoms with E-state index in [2.05, 4.69) is 4.72 Å². The highest BCUT2D eigenvalue weighted by Gasteiger charge is 2.19. The molecular weight excluding hydrogens is 324 g/mol. The highest BCUT2D eigenvalue weighted by Crippen LogP contribution is 2.28. The van der Waals surface area contributed by atoms with Gasteiger partial charge in [-0.25, -0.2) is 8.42 Å². The van der Waals surface area contributed by atoms with Crippen molar-refractivity contribution in [3.05, 3.63) is 46.3 Å². The third kappa shape index (κ3) is 2.95. The van der Waals surface area contributed by atoms with E-state index in [9.17, 15) is 8.42 Å². The topological polar surface area (TPSA) is 72.2 Å². The van der Waals surface area contributed by atoms with E-state index in [0.29, 0.717) is 10.6 Å². The maximum Gasteiger partial charge on any atom is 0.271 e. The number of sulfonamides is 1. The number of thiophene rings is 1. The van der Waals surface area contributed by atoms with Gasteiger partial charge in [0.05, 0.1) is 4.88 Å². The van der Waals surface area contributed by atoms with Crippen molar-refractivity contribution in [2.45, 2.75) is 23.5 Å². The molecule has 21 heavy (non-hydrogen) atoms. The zero-order valence-electron chi connectivity index (χ0n) is 11.1. The summed E-state index contributed by atoms with van der Waals surface area (Å²) in [6, 6.07) is 8.87. The van der Waals surface area contributed by atoms with Crippen LogP contribution in [-0.2, 0) is 22.9 Å². The van der Waals surface area contributed by atoms with E-state index < -0.39 is 10.0 Å². The summed E-state index contributed by atoms with van der Waals surface area (Å²) < 4.78 is 27.5. The molecule has 4 nitrogen and oxygen atoms in total. The molecule has 0 radical (unpaired) electrons. The number of rotatable bonds is 4. The minimum Gasteiger partial charge on any atom is -0.389 e. The number of nitrogens with one attached hydrogen (secondary N) is 1. The van der Waals surface area contributed by atoms with Crippen molar-refractivity contribution in [1.29, 1.82) is 0 Å². The Labute approximate surface area is 133 Å². The number of thiocarbonyl (C=S) groups is 1. The summed E-state index contributed by atoms with van der Waals surface area (Å²) in [7, 11) is -3.59. The highest BCUT2D eigenvalue weighted by atomic mass is 32.2. The lowest BCUT2D eigenvalue weighted by atomic mass is 10.1. The Hall–Kier alpha value is -1.44. The standard InChI is InChI=1S/C14H14N2O2S3/c15-14(19)12-6-7-13(20-12)21(17,18)16-11-5-4-9-2-1-3-10(9)8-11/h4-8,16H,1-3H2,(H2,15,19). The van der Waals surface area contributed by atoms with Crippen LogP contribution >= 0.6 is 23.6 Å². The molecule has 1 aromatic carbocycles. The molecule has 3 rings (SSSR count). The van der Waals surface area contributed by atoms with Crippen LogP contribution in [0.15, 0.2) is 34.5 Å². The summed E-state index contributed by atoms with van der Waals surface area (Å²) in [4.78, 5) is 0.804. The van der Waals surface area contributed by atoms with Crippen LogP contribution in [0.2, 0.25) is 0 Å². The molecule has 0 atom stereocenters. The number of anilines is 1. The Morgan fingerprint density at radius 2 is 1.95 bits per heavy atom. The van der Waals surface area contributed by atoms with Gasteiger partial charge in [0.1, 0.15) is 9.20 Å². The van der Waals surface area contributed by atoms with Crippen LogP contribution in [0, 0.1) is 0 Å². The van der Waals surface area contributed by atoms with Crippen LogP contribution < -0.4 is 10.5 Å². The van der Waals surface area contributed by atoms with Gasteiger partial charge in [-0.1, -0.05) is 18.3 Å². The molecule has 3 N–H and O–H groups in total. The third-order valence-electron chi connectivity index (χ3n) is 3.44. The molecule has 7 heteroatoms. The average Bonchev–Trinajstić information content (AvgIpc) is 3.07. The fraction of sp³-hybridized carbons (Fsp3) is 0.214. The number of aryl methyl sites for hydroxylation is 2. The first-order valence-corrected chi connectivity index (χ1v) is 9.21. The van der Waals surface area contributed by atoms with Crippen molar-refractivity contribution in [3.63, 3.8) is 0 Å². The second-order valence-electron chi connectivity index (χ2n) is 4.93. The maximum absolute atomic E-state index is 12.4. The quantitative estimate of drug-likeness (QED) is 0.841. The number of hydrogen-bond acceptors (Lipinski definition) is 4. The van der Waals surface area contributed by atoms with E-state index in [1.54, 1.807) is 6.07 Å². The molecule has 0 saturated heterocycles. The molecule has 0 amide bonds. The van der Waals surface area contributed by atoms with Crippen LogP contribution in [0.4, 0.5) is 5.69 Å². The summed E-state index contributed by atoms with van der Waals surface area (Å²) in [5.41, 5.74) is 8.65. The first kappa shape index (κ1) is 14.5. The molecule has 1 heterocycles. The van der Waals surface area contributed by atoms with Gasteiger partial charge < -0.3 is 5.73 Å². The van der Waals surface area contributed by atoms with Gasteiger partial charge in [0.15, 0.2) is 0 Å². The van der Waals surface area contributed by atoms with Crippen molar-refractivity contribution in [2.75, 3.05) is 4.72 Å².